The molecule has 2 aliphatic heterocycles. The fourth-order valence-corrected chi connectivity index (χ4v) is 5.18. The van der Waals surface area contributed by atoms with E-state index < -0.39 is 0 Å². The SMILES string of the molecule is O=C(Cn1cnnn1)N1CCC2(CC1)C[C@H](c1ccccc1)CN(C1CC1)C2. The van der Waals surface area contributed by atoms with Crippen LogP contribution in [0.2, 0.25) is 0 Å². The van der Waals surface area contributed by atoms with Gasteiger partial charge in [0.05, 0.1) is 0 Å². The minimum Gasteiger partial charge on any atom is -0.341 e. The Labute approximate surface area is 165 Å². The van der Waals surface area contributed by atoms with E-state index in [4.69, 9.17) is 0 Å². The van der Waals surface area contributed by atoms with Crippen molar-refractivity contribution in [2.75, 3.05) is 26.2 Å². The molecule has 1 atom stereocenters. The van der Waals surface area contributed by atoms with Gasteiger partial charge in [-0.15, -0.1) is 5.10 Å². The first-order valence-electron chi connectivity index (χ1n) is 10.5. The number of benzene rings is 1. The summed E-state index contributed by atoms with van der Waals surface area (Å²) in [5.74, 6) is 0.732. The van der Waals surface area contributed by atoms with Gasteiger partial charge in [-0.3, -0.25) is 9.69 Å². The second kappa shape index (κ2) is 7.28. The summed E-state index contributed by atoms with van der Waals surface area (Å²) in [6.07, 6.45) is 7.65. The van der Waals surface area contributed by atoms with Crippen LogP contribution in [0.4, 0.5) is 0 Å². The monoisotopic (exact) mass is 380 g/mol. The van der Waals surface area contributed by atoms with Crippen molar-refractivity contribution in [3.05, 3.63) is 42.2 Å². The van der Waals surface area contributed by atoms with Crippen LogP contribution >= 0.6 is 0 Å². The molecule has 3 heterocycles. The molecule has 7 heteroatoms. The minimum absolute atomic E-state index is 0.122. The van der Waals surface area contributed by atoms with E-state index in [1.54, 1.807) is 0 Å². The van der Waals surface area contributed by atoms with Gasteiger partial charge in [0.1, 0.15) is 12.9 Å². The number of tetrazole rings is 1. The Morgan fingerprint density at radius 1 is 1.14 bits per heavy atom. The third kappa shape index (κ3) is 3.68. The lowest BCUT2D eigenvalue weighted by Gasteiger charge is -2.50. The van der Waals surface area contributed by atoms with Crippen molar-refractivity contribution in [2.24, 2.45) is 5.41 Å². The van der Waals surface area contributed by atoms with Crippen LogP contribution in [0, 0.1) is 5.41 Å². The highest BCUT2D eigenvalue weighted by Crippen LogP contribution is 2.47. The predicted molar refractivity (Wildman–Crippen MR) is 104 cm³/mol. The summed E-state index contributed by atoms with van der Waals surface area (Å²) in [5.41, 5.74) is 1.82. The molecule has 1 spiro atoms. The third-order valence-electron chi connectivity index (χ3n) is 6.87. The normalized spacial score (nSPS) is 25.1. The lowest BCUT2D eigenvalue weighted by molar-refractivity contribution is -0.135. The molecule has 0 bridgehead atoms. The predicted octanol–water partition coefficient (Wildman–Crippen LogP) is 1.93. The Kier molecular flexibility index (Phi) is 4.62. The van der Waals surface area contributed by atoms with E-state index in [1.165, 1.54) is 48.9 Å². The van der Waals surface area contributed by atoms with Gasteiger partial charge in [-0.05, 0) is 59.4 Å². The Morgan fingerprint density at radius 3 is 2.61 bits per heavy atom. The summed E-state index contributed by atoms with van der Waals surface area (Å²) >= 11 is 0. The zero-order valence-corrected chi connectivity index (χ0v) is 16.3. The molecule has 3 aliphatic rings. The summed E-state index contributed by atoms with van der Waals surface area (Å²) in [6.45, 7) is 4.33. The van der Waals surface area contributed by atoms with E-state index >= 15 is 0 Å². The molecule has 0 N–H and O–H groups in total. The maximum absolute atomic E-state index is 12.6. The molecule has 0 radical (unpaired) electrons. The second-order valence-electron chi connectivity index (χ2n) is 8.86. The summed E-state index contributed by atoms with van der Waals surface area (Å²) < 4.78 is 1.51. The van der Waals surface area contributed by atoms with Gasteiger partial charge in [0.15, 0.2) is 0 Å². The molecular formula is C21H28N6O. The van der Waals surface area contributed by atoms with Gasteiger partial charge in [0, 0.05) is 32.2 Å². The number of hydrogen-bond acceptors (Lipinski definition) is 5. The van der Waals surface area contributed by atoms with Crippen LogP contribution in [-0.4, -0.2) is 68.1 Å². The number of carbonyl (C=O) groups is 1. The number of amides is 1. The molecule has 0 unspecified atom stereocenters. The molecule has 1 aromatic heterocycles. The fraction of sp³-hybridized carbons (Fsp3) is 0.619. The van der Waals surface area contributed by atoms with Crippen LogP contribution < -0.4 is 0 Å². The maximum atomic E-state index is 12.6. The van der Waals surface area contributed by atoms with Crippen molar-refractivity contribution < 1.29 is 4.79 Å². The van der Waals surface area contributed by atoms with Crippen LogP contribution in [0.5, 0.6) is 0 Å². The topological polar surface area (TPSA) is 67.2 Å². The summed E-state index contributed by atoms with van der Waals surface area (Å²) in [6, 6.07) is 11.8. The molecule has 2 saturated heterocycles. The molecular weight excluding hydrogens is 352 g/mol. The molecule has 1 saturated carbocycles. The number of hydrogen-bond donors (Lipinski definition) is 0. The van der Waals surface area contributed by atoms with Gasteiger partial charge in [0.2, 0.25) is 5.91 Å². The van der Waals surface area contributed by atoms with Gasteiger partial charge in [0.25, 0.3) is 0 Å². The average Bonchev–Trinajstić information content (AvgIpc) is 3.46. The van der Waals surface area contributed by atoms with E-state index in [1.807, 2.05) is 4.90 Å². The maximum Gasteiger partial charge on any atom is 0.244 e. The largest absolute Gasteiger partial charge is 0.341 e. The molecule has 2 aromatic rings. The lowest BCUT2D eigenvalue weighted by Crippen LogP contribution is -2.53. The van der Waals surface area contributed by atoms with Crippen molar-refractivity contribution in [3.63, 3.8) is 0 Å². The number of piperidine rings is 2. The molecule has 1 aromatic carbocycles. The van der Waals surface area contributed by atoms with E-state index in [-0.39, 0.29) is 12.5 Å². The highest BCUT2D eigenvalue weighted by molar-refractivity contribution is 5.75. The standard InChI is InChI=1S/C21H28N6O/c28-20(14-27-16-22-23-24-27)25-10-8-21(9-11-25)12-18(17-4-2-1-3-5-17)13-26(15-21)19-6-7-19/h1-5,16,18-19H,6-15H2/t18-/m0/s1. The zero-order valence-electron chi connectivity index (χ0n) is 16.3. The number of rotatable bonds is 4. The molecule has 5 rings (SSSR count). The Hall–Kier alpha value is -2.28. The smallest absolute Gasteiger partial charge is 0.244 e. The Morgan fingerprint density at radius 2 is 1.93 bits per heavy atom. The van der Waals surface area contributed by atoms with Gasteiger partial charge < -0.3 is 4.90 Å². The zero-order chi connectivity index (χ0) is 19.0. The van der Waals surface area contributed by atoms with Crippen molar-refractivity contribution >= 4 is 5.91 Å². The first-order valence-corrected chi connectivity index (χ1v) is 10.5. The third-order valence-corrected chi connectivity index (χ3v) is 6.87. The average molecular weight is 380 g/mol. The van der Waals surface area contributed by atoms with Gasteiger partial charge in [-0.25, -0.2) is 4.68 Å². The molecule has 7 nitrogen and oxygen atoms in total. The summed E-state index contributed by atoms with van der Waals surface area (Å²) in [7, 11) is 0. The van der Waals surface area contributed by atoms with Crippen molar-refractivity contribution in [1.29, 1.82) is 0 Å². The summed E-state index contributed by atoms with van der Waals surface area (Å²) in [5, 5.41) is 11.0. The van der Waals surface area contributed by atoms with Crippen LogP contribution in [0.3, 0.4) is 0 Å². The molecule has 28 heavy (non-hydrogen) atoms. The number of nitrogens with zero attached hydrogens (tertiary/aromatic N) is 6. The summed E-state index contributed by atoms with van der Waals surface area (Å²) in [4.78, 5) is 17.4. The van der Waals surface area contributed by atoms with Gasteiger partial charge in [-0.1, -0.05) is 30.3 Å². The first-order chi connectivity index (χ1) is 13.7. The van der Waals surface area contributed by atoms with Crippen molar-refractivity contribution in [3.8, 4) is 0 Å². The van der Waals surface area contributed by atoms with Crippen LogP contribution in [0.1, 0.15) is 43.6 Å². The molecule has 1 amide bonds. The van der Waals surface area contributed by atoms with E-state index in [9.17, 15) is 4.79 Å². The van der Waals surface area contributed by atoms with E-state index in [2.05, 4.69) is 50.8 Å². The Bertz CT molecular complexity index is 796. The van der Waals surface area contributed by atoms with Gasteiger partial charge in [-0.2, -0.15) is 0 Å². The molecule has 148 valence electrons. The quantitative estimate of drug-likeness (QED) is 0.811. The highest BCUT2D eigenvalue weighted by atomic mass is 16.2. The minimum atomic E-state index is 0.122. The molecule has 3 fully saturated rings. The fourth-order valence-electron chi connectivity index (χ4n) is 5.18. The van der Waals surface area contributed by atoms with Crippen LogP contribution in [-0.2, 0) is 11.3 Å². The Balaban J connectivity index is 1.27. The molecule has 1 aliphatic carbocycles. The van der Waals surface area contributed by atoms with Gasteiger partial charge >= 0.3 is 0 Å². The van der Waals surface area contributed by atoms with E-state index in [0.29, 0.717) is 11.3 Å². The number of aromatic nitrogens is 4. The number of likely N-dealkylation sites (tertiary alicyclic amines) is 2. The second-order valence-corrected chi connectivity index (χ2v) is 8.86. The highest BCUT2D eigenvalue weighted by Gasteiger charge is 2.46. The van der Waals surface area contributed by atoms with Crippen LogP contribution in [0.25, 0.3) is 0 Å². The first kappa shape index (κ1) is 17.8. The lowest BCUT2D eigenvalue weighted by atomic mass is 9.68. The van der Waals surface area contributed by atoms with E-state index in [0.717, 1.165) is 32.0 Å². The van der Waals surface area contributed by atoms with Crippen LogP contribution in [0.15, 0.2) is 36.7 Å². The number of carbonyl (C=O) groups excluding carboxylic acids is 1. The van der Waals surface area contributed by atoms with Crippen molar-refractivity contribution in [1.82, 2.24) is 30.0 Å². The van der Waals surface area contributed by atoms with Crippen molar-refractivity contribution in [2.45, 2.75) is 50.6 Å².